The number of anilines is 1. The monoisotopic (exact) mass is 491 g/mol. The van der Waals surface area contributed by atoms with E-state index in [0.29, 0.717) is 26.2 Å². The fraction of sp³-hybridized carbons (Fsp3) is 0.296. The molecule has 1 N–H and O–H groups in total. The maximum atomic E-state index is 13.6. The second-order valence-corrected chi connectivity index (χ2v) is 9.14. The first-order chi connectivity index (χ1) is 16.9. The normalized spacial score (nSPS) is 15.5. The summed E-state index contributed by atoms with van der Waals surface area (Å²) in [6.45, 7) is 9.51. The van der Waals surface area contributed by atoms with E-state index in [1.165, 1.54) is 11.3 Å². The average molecular weight is 492 g/mol. The molecule has 1 aliphatic rings. The van der Waals surface area contributed by atoms with Crippen molar-refractivity contribution in [2.45, 2.75) is 33.7 Å². The lowest BCUT2D eigenvalue weighted by atomic mass is 9.96. The summed E-state index contributed by atoms with van der Waals surface area (Å²) in [4.78, 5) is 33.7. The van der Waals surface area contributed by atoms with Crippen molar-refractivity contribution >= 4 is 29.1 Å². The summed E-state index contributed by atoms with van der Waals surface area (Å²) in [6, 6.07) is 14.2. The Morgan fingerprint density at radius 3 is 2.51 bits per heavy atom. The van der Waals surface area contributed by atoms with E-state index in [9.17, 15) is 14.7 Å². The summed E-state index contributed by atoms with van der Waals surface area (Å²) >= 11 is 1.23. The largest absolute Gasteiger partial charge is 0.507 e. The highest BCUT2D eigenvalue weighted by atomic mass is 32.1. The number of aromatic nitrogens is 1. The summed E-state index contributed by atoms with van der Waals surface area (Å²) < 4.78 is 7.28. The smallest absolute Gasteiger partial charge is 0.338 e. The second kappa shape index (κ2) is 10.3. The highest BCUT2D eigenvalue weighted by molar-refractivity contribution is 7.07. The van der Waals surface area contributed by atoms with Crippen molar-refractivity contribution in [1.82, 2.24) is 4.57 Å². The van der Waals surface area contributed by atoms with Gasteiger partial charge in [0, 0.05) is 30.4 Å². The van der Waals surface area contributed by atoms with Crippen molar-refractivity contribution in [3.05, 3.63) is 90.6 Å². The zero-order chi connectivity index (χ0) is 25.1. The van der Waals surface area contributed by atoms with E-state index >= 15 is 0 Å². The van der Waals surface area contributed by atoms with Gasteiger partial charge in [0.15, 0.2) is 4.80 Å². The number of ether oxygens (including phenoxy) is 1. The number of aromatic hydroxyl groups is 1. The number of hydrogen-bond donors (Lipinski definition) is 1. The molecule has 0 spiro atoms. The number of phenols is 1. The van der Waals surface area contributed by atoms with Gasteiger partial charge in [0.25, 0.3) is 5.56 Å². The molecule has 3 aromatic rings. The first-order valence-corrected chi connectivity index (χ1v) is 12.5. The third kappa shape index (κ3) is 4.66. The summed E-state index contributed by atoms with van der Waals surface area (Å²) in [5.74, 6) is -0.384. The Morgan fingerprint density at radius 1 is 1.17 bits per heavy atom. The quantitative estimate of drug-likeness (QED) is 0.513. The standard InChI is InChI=1S/C27H29N3O4S/c1-5-29(6-2)20-14-13-19(21(31)16-20)15-22-25(32)30-24(18-11-9-8-10-12-18)23(26(33)34-7-3)17(4)28-27(30)35-22/h8-16,24,31H,5-7H2,1-4H3/b22-15-/t24-/m1/s1. The van der Waals surface area contributed by atoms with Gasteiger partial charge in [-0.1, -0.05) is 41.7 Å². The lowest BCUT2D eigenvalue weighted by Crippen LogP contribution is -2.39. The predicted octanol–water partition coefficient (Wildman–Crippen LogP) is 3.35. The van der Waals surface area contributed by atoms with E-state index in [1.54, 1.807) is 30.6 Å². The van der Waals surface area contributed by atoms with Crippen LogP contribution in [0, 0.1) is 0 Å². The highest BCUT2D eigenvalue weighted by Crippen LogP contribution is 2.30. The number of rotatable bonds is 7. The zero-order valence-corrected chi connectivity index (χ0v) is 21.1. The van der Waals surface area contributed by atoms with Crippen molar-refractivity contribution in [2.24, 2.45) is 4.99 Å². The van der Waals surface area contributed by atoms with Crippen LogP contribution < -0.4 is 19.8 Å². The van der Waals surface area contributed by atoms with Crippen LogP contribution in [0.2, 0.25) is 0 Å². The number of hydrogen-bond acceptors (Lipinski definition) is 7. The van der Waals surface area contributed by atoms with Gasteiger partial charge in [-0.15, -0.1) is 0 Å². The van der Waals surface area contributed by atoms with E-state index in [-0.39, 0.29) is 17.9 Å². The van der Waals surface area contributed by atoms with E-state index < -0.39 is 12.0 Å². The minimum Gasteiger partial charge on any atom is -0.507 e. The minimum atomic E-state index is -0.646. The Balaban J connectivity index is 1.87. The fourth-order valence-electron chi connectivity index (χ4n) is 4.32. The average Bonchev–Trinajstić information content (AvgIpc) is 3.15. The molecule has 0 aliphatic carbocycles. The molecule has 0 radical (unpaired) electrons. The number of fused-ring (bicyclic) bond motifs is 1. The molecular weight excluding hydrogens is 462 g/mol. The SMILES string of the molecule is CCOC(=O)C1=C(C)N=c2s/c(=C\c3ccc(N(CC)CC)cc3O)c(=O)n2[C@@H]1c1ccccc1. The molecular formula is C27H29N3O4S. The molecule has 1 aliphatic heterocycles. The molecule has 0 saturated heterocycles. The van der Waals surface area contributed by atoms with Crippen molar-refractivity contribution in [3.63, 3.8) is 0 Å². The maximum absolute atomic E-state index is 13.6. The van der Waals surface area contributed by atoms with Crippen molar-refractivity contribution < 1.29 is 14.6 Å². The molecule has 0 amide bonds. The molecule has 0 unspecified atom stereocenters. The second-order valence-electron chi connectivity index (χ2n) is 8.13. The molecule has 1 atom stereocenters. The van der Waals surface area contributed by atoms with Crippen LogP contribution in [0.25, 0.3) is 6.08 Å². The fourth-order valence-corrected chi connectivity index (χ4v) is 5.36. The van der Waals surface area contributed by atoms with Crippen molar-refractivity contribution in [3.8, 4) is 5.75 Å². The van der Waals surface area contributed by atoms with Gasteiger partial charge in [0.1, 0.15) is 5.75 Å². The Morgan fingerprint density at radius 2 is 1.89 bits per heavy atom. The molecule has 182 valence electrons. The number of carbonyl (C=O) groups excluding carboxylic acids is 1. The minimum absolute atomic E-state index is 0.100. The molecule has 35 heavy (non-hydrogen) atoms. The van der Waals surface area contributed by atoms with E-state index in [2.05, 4.69) is 23.7 Å². The van der Waals surface area contributed by atoms with E-state index in [0.717, 1.165) is 24.3 Å². The van der Waals surface area contributed by atoms with E-state index in [4.69, 9.17) is 4.74 Å². The van der Waals surface area contributed by atoms with Gasteiger partial charge in [0.2, 0.25) is 0 Å². The molecule has 0 fully saturated rings. The zero-order valence-electron chi connectivity index (χ0n) is 20.3. The van der Waals surface area contributed by atoms with Crippen molar-refractivity contribution in [2.75, 3.05) is 24.6 Å². The Labute approximate surface area is 207 Å². The summed E-state index contributed by atoms with van der Waals surface area (Å²) in [5, 5.41) is 10.7. The van der Waals surface area contributed by atoms with Crippen LogP contribution in [-0.4, -0.2) is 35.3 Å². The predicted molar refractivity (Wildman–Crippen MR) is 139 cm³/mol. The third-order valence-corrected chi connectivity index (χ3v) is 7.04. The van der Waals surface area contributed by atoms with Gasteiger partial charge >= 0.3 is 5.97 Å². The lowest BCUT2D eigenvalue weighted by molar-refractivity contribution is -0.139. The number of thiazole rings is 1. The van der Waals surface area contributed by atoms with Crippen LogP contribution in [0.15, 0.2) is 69.6 Å². The lowest BCUT2D eigenvalue weighted by Gasteiger charge is -2.24. The number of carbonyl (C=O) groups is 1. The number of allylic oxidation sites excluding steroid dienone is 1. The Bertz CT molecular complexity index is 1450. The van der Waals surface area contributed by atoms with Crippen LogP contribution in [0.4, 0.5) is 5.69 Å². The van der Waals surface area contributed by atoms with Gasteiger partial charge in [-0.3, -0.25) is 9.36 Å². The molecule has 0 saturated carbocycles. The van der Waals surface area contributed by atoms with E-state index in [1.807, 2.05) is 42.5 Å². The molecule has 8 heteroatoms. The molecule has 0 bridgehead atoms. The van der Waals surface area contributed by atoms with Gasteiger partial charge in [-0.2, -0.15) is 0 Å². The molecule has 4 rings (SSSR count). The summed E-state index contributed by atoms with van der Waals surface area (Å²) in [7, 11) is 0. The topological polar surface area (TPSA) is 84.1 Å². The molecule has 2 heterocycles. The van der Waals surface area contributed by atoms with Crippen LogP contribution in [0.1, 0.15) is 44.9 Å². The number of phenolic OH excluding ortho intramolecular Hbond substituents is 1. The van der Waals surface area contributed by atoms with Crippen molar-refractivity contribution in [1.29, 1.82) is 0 Å². The molecule has 2 aromatic carbocycles. The highest BCUT2D eigenvalue weighted by Gasteiger charge is 2.33. The van der Waals surface area contributed by atoms with Gasteiger partial charge < -0.3 is 14.7 Å². The number of esters is 1. The third-order valence-electron chi connectivity index (χ3n) is 6.06. The van der Waals surface area contributed by atoms with Gasteiger partial charge in [0.05, 0.1) is 28.5 Å². The van der Waals surface area contributed by atoms with Crippen LogP contribution in [-0.2, 0) is 9.53 Å². The van der Waals surface area contributed by atoms with Gasteiger partial charge in [-0.05, 0) is 51.5 Å². The maximum Gasteiger partial charge on any atom is 0.338 e. The molecule has 1 aromatic heterocycles. The summed E-state index contributed by atoms with van der Waals surface area (Å²) in [5.41, 5.74) is 2.86. The van der Waals surface area contributed by atoms with Crippen LogP contribution >= 0.6 is 11.3 Å². The Kier molecular flexibility index (Phi) is 7.21. The van der Waals surface area contributed by atoms with Crippen LogP contribution in [0.5, 0.6) is 5.75 Å². The van der Waals surface area contributed by atoms with Crippen LogP contribution in [0.3, 0.4) is 0 Å². The first-order valence-electron chi connectivity index (χ1n) is 11.7. The molecule has 7 nitrogen and oxygen atoms in total. The number of benzene rings is 2. The van der Waals surface area contributed by atoms with Gasteiger partial charge in [-0.25, -0.2) is 9.79 Å². The Hall–Kier alpha value is -3.65. The first kappa shape index (κ1) is 24.5. The number of nitrogens with zero attached hydrogens (tertiary/aromatic N) is 3. The summed E-state index contributed by atoms with van der Waals surface area (Å²) in [6.07, 6.45) is 1.68.